The van der Waals surface area contributed by atoms with E-state index in [0.29, 0.717) is 6.54 Å². The summed E-state index contributed by atoms with van der Waals surface area (Å²) in [5, 5.41) is 2.98. The van der Waals surface area contributed by atoms with Crippen LogP contribution in [0.3, 0.4) is 0 Å². The van der Waals surface area contributed by atoms with Crippen molar-refractivity contribution in [2.24, 2.45) is 4.99 Å². The standard InChI is InChI=1S/C22H20N4O/c1-14-10-19(24-12-14)15-2-4-17(5-3-15)21-13-25-22(27)26(21)18-7-6-16-8-9-23-20(16)11-18/h2-7,9-12,21,24H,8,13H2,1H3,(H,25,27). The maximum Gasteiger partial charge on any atom is 0.322 e. The quantitative estimate of drug-likeness (QED) is 0.712. The van der Waals surface area contributed by atoms with Crippen molar-refractivity contribution in [3.05, 3.63) is 71.4 Å². The highest BCUT2D eigenvalue weighted by atomic mass is 16.2. The van der Waals surface area contributed by atoms with Gasteiger partial charge in [-0.15, -0.1) is 0 Å². The maximum absolute atomic E-state index is 12.5. The van der Waals surface area contributed by atoms with Crippen molar-refractivity contribution in [3.63, 3.8) is 0 Å². The third-order valence-electron chi connectivity index (χ3n) is 5.30. The number of hydrogen-bond donors (Lipinski definition) is 2. The molecule has 2 amide bonds. The van der Waals surface area contributed by atoms with Crippen LogP contribution in [-0.4, -0.2) is 23.8 Å². The summed E-state index contributed by atoms with van der Waals surface area (Å²) in [6, 6.07) is 16.6. The van der Waals surface area contributed by atoms with Gasteiger partial charge in [-0.2, -0.15) is 0 Å². The average molecular weight is 356 g/mol. The van der Waals surface area contributed by atoms with Crippen LogP contribution >= 0.6 is 0 Å². The van der Waals surface area contributed by atoms with Gasteiger partial charge in [-0.3, -0.25) is 9.89 Å². The van der Waals surface area contributed by atoms with Crippen LogP contribution in [-0.2, 0) is 6.42 Å². The van der Waals surface area contributed by atoms with Crippen molar-refractivity contribution in [1.82, 2.24) is 10.3 Å². The fourth-order valence-electron chi connectivity index (χ4n) is 3.86. The van der Waals surface area contributed by atoms with Gasteiger partial charge in [0.25, 0.3) is 0 Å². The Balaban J connectivity index is 1.46. The van der Waals surface area contributed by atoms with Gasteiger partial charge in [-0.25, -0.2) is 4.79 Å². The van der Waals surface area contributed by atoms with Gasteiger partial charge in [0.15, 0.2) is 0 Å². The molecule has 5 rings (SSSR count). The van der Waals surface area contributed by atoms with Crippen molar-refractivity contribution < 1.29 is 4.79 Å². The number of anilines is 1. The molecule has 5 nitrogen and oxygen atoms in total. The van der Waals surface area contributed by atoms with Gasteiger partial charge in [0, 0.05) is 36.8 Å². The zero-order valence-corrected chi connectivity index (χ0v) is 15.1. The molecule has 134 valence electrons. The minimum atomic E-state index is -0.0639. The SMILES string of the molecule is Cc1c[nH]c(-c2ccc(C3CNC(=O)N3c3ccc4c(c3)N=CC4)cc2)c1. The molecule has 1 aromatic heterocycles. The highest BCUT2D eigenvalue weighted by Gasteiger charge is 2.33. The minimum Gasteiger partial charge on any atom is -0.361 e. The van der Waals surface area contributed by atoms with E-state index < -0.39 is 0 Å². The first kappa shape index (κ1) is 15.9. The van der Waals surface area contributed by atoms with Crippen LogP contribution in [0.5, 0.6) is 0 Å². The lowest BCUT2D eigenvalue weighted by atomic mass is 10.0. The van der Waals surface area contributed by atoms with Crippen molar-refractivity contribution in [1.29, 1.82) is 0 Å². The lowest BCUT2D eigenvalue weighted by Crippen LogP contribution is -2.29. The van der Waals surface area contributed by atoms with Crippen LogP contribution in [0.2, 0.25) is 0 Å². The average Bonchev–Trinajstić information content (AvgIpc) is 3.41. The van der Waals surface area contributed by atoms with Crippen molar-refractivity contribution in [3.8, 4) is 11.3 Å². The lowest BCUT2D eigenvalue weighted by Gasteiger charge is -2.24. The van der Waals surface area contributed by atoms with Crippen molar-refractivity contribution in [2.45, 2.75) is 19.4 Å². The Labute approximate surface area is 157 Å². The first-order chi connectivity index (χ1) is 13.2. The molecule has 0 aliphatic carbocycles. The van der Waals surface area contributed by atoms with Crippen molar-refractivity contribution >= 4 is 23.6 Å². The fraction of sp³-hybridized carbons (Fsp3) is 0.182. The Bertz CT molecular complexity index is 1050. The number of aromatic amines is 1. The third kappa shape index (κ3) is 2.72. The number of nitrogens with zero attached hydrogens (tertiary/aromatic N) is 2. The van der Waals surface area contributed by atoms with Gasteiger partial charge in [-0.1, -0.05) is 30.3 Å². The Kier molecular flexibility index (Phi) is 3.60. The van der Waals surface area contributed by atoms with Crippen LogP contribution in [0.15, 0.2) is 59.7 Å². The van der Waals surface area contributed by atoms with Gasteiger partial charge in [0.2, 0.25) is 0 Å². The van der Waals surface area contributed by atoms with E-state index in [1.165, 1.54) is 11.1 Å². The summed E-state index contributed by atoms with van der Waals surface area (Å²) >= 11 is 0. The Morgan fingerprint density at radius 1 is 1.11 bits per heavy atom. The molecule has 2 N–H and O–H groups in total. The summed E-state index contributed by atoms with van der Waals surface area (Å²) in [5.74, 6) is 0. The molecule has 0 saturated carbocycles. The number of amides is 2. The van der Waals surface area contributed by atoms with Crippen LogP contribution in [0, 0.1) is 6.92 Å². The van der Waals surface area contributed by atoms with Crippen LogP contribution in [0.1, 0.15) is 22.7 Å². The number of hydrogen-bond acceptors (Lipinski definition) is 2. The molecule has 1 fully saturated rings. The van der Waals surface area contributed by atoms with Crippen molar-refractivity contribution in [2.75, 3.05) is 11.4 Å². The van der Waals surface area contributed by atoms with Gasteiger partial charge < -0.3 is 10.3 Å². The topological polar surface area (TPSA) is 60.5 Å². The predicted molar refractivity (Wildman–Crippen MR) is 108 cm³/mol. The van der Waals surface area contributed by atoms with E-state index in [0.717, 1.165) is 34.6 Å². The number of urea groups is 1. The van der Waals surface area contributed by atoms with E-state index in [9.17, 15) is 4.79 Å². The lowest BCUT2D eigenvalue weighted by molar-refractivity contribution is 0.251. The van der Waals surface area contributed by atoms with Gasteiger partial charge in [-0.05, 0) is 47.4 Å². The monoisotopic (exact) mass is 356 g/mol. The predicted octanol–water partition coefficient (Wildman–Crippen LogP) is 4.52. The van der Waals surface area contributed by atoms with Crippen LogP contribution < -0.4 is 10.2 Å². The van der Waals surface area contributed by atoms with E-state index in [2.05, 4.69) is 58.6 Å². The number of aryl methyl sites for hydroxylation is 1. The van der Waals surface area contributed by atoms with E-state index in [1.807, 2.05) is 29.4 Å². The second-order valence-electron chi connectivity index (χ2n) is 7.11. The summed E-state index contributed by atoms with van der Waals surface area (Å²) in [6.07, 6.45) is 4.78. The molecule has 2 aromatic carbocycles. The normalized spacial score (nSPS) is 18.0. The molecule has 3 aromatic rings. The number of aliphatic imine (C=N–C) groups is 1. The molecule has 1 unspecified atom stereocenters. The second kappa shape index (κ2) is 6.13. The highest BCUT2D eigenvalue weighted by Crippen LogP contribution is 2.35. The molecule has 27 heavy (non-hydrogen) atoms. The van der Waals surface area contributed by atoms with Gasteiger partial charge >= 0.3 is 6.03 Å². The number of fused-ring (bicyclic) bond motifs is 1. The number of carbonyl (C=O) groups excluding carboxylic acids is 1. The second-order valence-corrected chi connectivity index (χ2v) is 7.11. The fourth-order valence-corrected chi connectivity index (χ4v) is 3.86. The number of carbonyl (C=O) groups is 1. The zero-order valence-electron chi connectivity index (χ0n) is 15.1. The summed E-state index contributed by atoms with van der Waals surface area (Å²) in [7, 11) is 0. The summed E-state index contributed by atoms with van der Waals surface area (Å²) in [4.78, 5) is 22.1. The minimum absolute atomic E-state index is 0.0274. The number of H-pyrrole nitrogens is 1. The number of aromatic nitrogens is 1. The van der Waals surface area contributed by atoms with Crippen LogP contribution in [0.25, 0.3) is 11.3 Å². The van der Waals surface area contributed by atoms with Gasteiger partial charge in [0.05, 0.1) is 11.7 Å². The molecule has 3 heterocycles. The number of rotatable bonds is 3. The highest BCUT2D eigenvalue weighted by molar-refractivity contribution is 5.96. The Hall–Kier alpha value is -3.34. The largest absolute Gasteiger partial charge is 0.361 e. The molecule has 0 spiro atoms. The zero-order chi connectivity index (χ0) is 18.4. The van der Waals surface area contributed by atoms with E-state index in [1.54, 1.807) is 0 Å². The molecule has 5 heteroatoms. The summed E-state index contributed by atoms with van der Waals surface area (Å²) < 4.78 is 0. The first-order valence-electron chi connectivity index (χ1n) is 9.17. The van der Waals surface area contributed by atoms with Crippen LogP contribution in [0.4, 0.5) is 16.2 Å². The maximum atomic E-state index is 12.5. The number of benzene rings is 2. The third-order valence-corrected chi connectivity index (χ3v) is 5.30. The summed E-state index contributed by atoms with van der Waals surface area (Å²) in [5.41, 5.74) is 7.63. The Morgan fingerprint density at radius 3 is 2.74 bits per heavy atom. The van der Waals surface area contributed by atoms with E-state index >= 15 is 0 Å². The first-order valence-corrected chi connectivity index (χ1v) is 9.17. The molecular formula is C22H20N4O. The molecule has 2 aliphatic heterocycles. The molecular weight excluding hydrogens is 336 g/mol. The number of nitrogens with one attached hydrogen (secondary N) is 2. The molecule has 1 saturated heterocycles. The molecule has 2 aliphatic rings. The van der Waals surface area contributed by atoms with Gasteiger partial charge in [0.1, 0.15) is 0 Å². The summed E-state index contributed by atoms with van der Waals surface area (Å²) in [6.45, 7) is 2.67. The van der Waals surface area contributed by atoms with E-state index in [4.69, 9.17) is 0 Å². The Morgan fingerprint density at radius 2 is 1.96 bits per heavy atom. The molecule has 1 atom stereocenters. The molecule has 0 bridgehead atoms. The molecule has 0 radical (unpaired) electrons. The smallest absolute Gasteiger partial charge is 0.322 e. The van der Waals surface area contributed by atoms with E-state index in [-0.39, 0.29) is 12.1 Å².